The Morgan fingerprint density at radius 1 is 0.337 bits per heavy atom. The number of hydrogen-bond donors (Lipinski definition) is 14. The number of hydrogen-bond acceptors (Lipinski definition) is 29. The Bertz CT molecular complexity index is 3970. The first-order valence-electron chi connectivity index (χ1n) is 29.9. The van der Waals surface area contributed by atoms with Crippen molar-refractivity contribution in [3.8, 4) is 69.0 Å². The predicted molar refractivity (Wildman–Crippen MR) is 349 cm³/mol. The first-order valence-corrected chi connectivity index (χ1v) is 29.9. The summed E-state index contributed by atoms with van der Waals surface area (Å²) >= 11 is 0. The van der Waals surface area contributed by atoms with E-state index < -0.39 is 161 Å². The Morgan fingerprint density at radius 2 is 0.594 bits per heavy atom. The van der Waals surface area contributed by atoms with Crippen molar-refractivity contribution in [2.45, 2.75) is 78.0 Å². The molecule has 0 aliphatic heterocycles. The maximum absolute atomic E-state index is 12.6. The molecular weight excluding hydrogens is 1330 g/mol. The van der Waals surface area contributed by atoms with Crippen LogP contribution in [0.1, 0.15) is 109 Å². The fourth-order valence-corrected chi connectivity index (χ4v) is 7.86. The molecule has 0 fully saturated rings. The molecule has 0 aromatic heterocycles. The van der Waals surface area contributed by atoms with E-state index in [0.717, 1.165) is 42.5 Å². The van der Waals surface area contributed by atoms with Gasteiger partial charge in [0.05, 0.1) is 53.0 Å². The molecule has 0 heterocycles. The minimum atomic E-state index is -1.34. The lowest BCUT2D eigenvalue weighted by Gasteiger charge is -2.22. The van der Waals surface area contributed by atoms with E-state index in [4.69, 9.17) is 42.6 Å². The van der Waals surface area contributed by atoms with Crippen LogP contribution in [0.4, 0.5) is 14.4 Å². The van der Waals surface area contributed by atoms with E-state index in [1.807, 2.05) is 0 Å². The molecule has 3 atom stereocenters. The van der Waals surface area contributed by atoms with Crippen LogP contribution >= 0.6 is 0 Å². The summed E-state index contributed by atoms with van der Waals surface area (Å²) in [5, 5.41) is 112. The maximum Gasteiger partial charge on any atom is 0.412 e. The van der Waals surface area contributed by atoms with Crippen LogP contribution in [0, 0.1) is 6.92 Å². The van der Waals surface area contributed by atoms with E-state index in [1.54, 1.807) is 108 Å². The van der Waals surface area contributed by atoms with E-state index in [9.17, 15) is 99.3 Å². The lowest BCUT2D eigenvalue weighted by molar-refractivity contribution is -0.00199. The van der Waals surface area contributed by atoms with Gasteiger partial charge in [-0.15, -0.1) is 0 Å². The van der Waals surface area contributed by atoms with Crippen molar-refractivity contribution in [3.63, 3.8) is 0 Å². The number of aryl methyl sites for hydroxylation is 1. The third-order valence-corrected chi connectivity index (χ3v) is 12.6. The van der Waals surface area contributed by atoms with Crippen molar-refractivity contribution in [1.29, 1.82) is 0 Å². The van der Waals surface area contributed by atoms with E-state index in [1.165, 1.54) is 37.3 Å². The molecule has 3 amide bonds. The molecule has 538 valence electrons. The van der Waals surface area contributed by atoms with Crippen LogP contribution in [0.15, 0.2) is 140 Å². The number of carbonyl (C=O) groups excluding carboxylic acids is 9. The van der Waals surface area contributed by atoms with E-state index in [-0.39, 0.29) is 64.6 Å². The van der Waals surface area contributed by atoms with Gasteiger partial charge >= 0.3 is 54.1 Å². The number of para-hydroxylation sites is 1. The molecule has 7 aromatic rings. The van der Waals surface area contributed by atoms with Crippen LogP contribution < -0.4 is 20.7 Å². The number of benzene rings is 7. The number of phenolic OH excluding ortho intramolecular Hbond substituents is 11. The van der Waals surface area contributed by atoms with Crippen LogP contribution in [0.5, 0.6) is 69.0 Å². The summed E-state index contributed by atoms with van der Waals surface area (Å²) in [5.41, 5.74) is -1.60. The number of amides is 3. The summed E-state index contributed by atoms with van der Waals surface area (Å²) in [6.45, 7) is 9.41. The Hall–Kier alpha value is -13.0. The Labute approximate surface area is 575 Å². The number of nitrogens with one attached hydrogen (secondary N) is 3. The van der Waals surface area contributed by atoms with Gasteiger partial charge in [0.15, 0.2) is 81.6 Å². The lowest BCUT2D eigenvalue weighted by Crippen LogP contribution is -2.40. The van der Waals surface area contributed by atoms with E-state index in [2.05, 4.69) is 16.0 Å². The van der Waals surface area contributed by atoms with Gasteiger partial charge in [0.2, 0.25) is 0 Å². The number of esters is 6. The summed E-state index contributed by atoms with van der Waals surface area (Å²) in [7, 11) is 0. The fraction of sp³-hybridized carbons (Fsp3) is 0.261. The van der Waals surface area contributed by atoms with Gasteiger partial charge in [0.1, 0.15) is 36.8 Å². The van der Waals surface area contributed by atoms with Crippen molar-refractivity contribution in [3.05, 3.63) is 178 Å². The summed E-state index contributed by atoms with van der Waals surface area (Å²) in [5.74, 6) is -13.0. The Kier molecular flexibility index (Phi) is 28.3. The van der Waals surface area contributed by atoms with Crippen LogP contribution in [0.3, 0.4) is 0 Å². The van der Waals surface area contributed by atoms with Gasteiger partial charge in [-0.3, -0.25) is 0 Å². The smallest absolute Gasteiger partial charge is 0.412 e. The molecule has 0 spiro atoms. The first kappa shape index (κ1) is 78.7. The molecule has 0 aliphatic carbocycles. The topological polar surface area (TPSA) is 495 Å². The van der Waals surface area contributed by atoms with E-state index >= 15 is 0 Å². The minimum absolute atomic E-state index is 0.0190. The second kappa shape index (κ2) is 36.4. The number of carbonyl (C=O) groups is 9. The molecule has 3 unspecified atom stereocenters. The molecule has 0 saturated carbocycles. The molecule has 32 nitrogen and oxygen atoms in total. The predicted octanol–water partition coefficient (Wildman–Crippen LogP) is 8.12. The number of rotatable bonds is 22. The molecule has 0 bridgehead atoms. The third-order valence-electron chi connectivity index (χ3n) is 12.6. The average molecular weight is 1410 g/mol. The maximum atomic E-state index is 12.6. The number of aromatic hydroxyl groups is 11. The fourth-order valence-electron chi connectivity index (χ4n) is 7.86. The average Bonchev–Trinajstić information content (AvgIpc) is 0.853. The zero-order valence-electron chi connectivity index (χ0n) is 55.0. The number of alkyl carbamates (subject to hydrolysis) is 2. The van der Waals surface area contributed by atoms with Gasteiger partial charge in [-0.05, 0) is 139 Å². The molecule has 0 aliphatic rings. The lowest BCUT2D eigenvalue weighted by atomic mass is 10.1. The standard InChI is InChI=1S/C24H21NO12.C23H27NO8.C22H25NO9/c26-16-6-12(7-17(27)20(16)30)22(32)35-11-15(10-25-24(34)37-14-4-2-1-3-5-14)36-23(33)13-8-18(28)21(31)19(29)9-13;1-14-10-16(11-18(25)19(14)26)21(28)31-17(12-24-22(29)32-23(2,3)4)13-30-20(27)15-8-6-5-7-9-15;1-22(2,3)32-21(29)23-11-15(31-20(28)13-7-5-4-6-8-13)12-30-19(27)14-9-16(24)18(26)17(25)10-14/h1-9,15,26-31H,10-11H2,(H,25,34);5-11,17,25-26H,12-13H2,1-4H3,(H,24,29);4-10,15,24-26H,11-12H2,1-3H3,(H,23,29). The van der Waals surface area contributed by atoms with Gasteiger partial charge in [0, 0.05) is 0 Å². The quantitative estimate of drug-likeness (QED) is 0.0173. The SMILES string of the molecule is CC(C)(C)OC(=O)NCC(COC(=O)c1cc(O)c(O)c(O)c1)OC(=O)c1ccccc1.Cc1cc(C(=O)OC(CNC(=O)OC(C)(C)C)COC(=O)c2ccccc2)cc(O)c1O.O=C(NCC(COC(=O)c1cc(O)c(O)c(O)c1)OC(=O)c1cc(O)c(O)c(O)c1)Oc1ccccc1. The van der Waals surface area contributed by atoms with Crippen LogP contribution in [0.25, 0.3) is 0 Å². The molecule has 14 N–H and O–H groups in total. The van der Waals surface area contributed by atoms with E-state index in [0.29, 0.717) is 5.56 Å². The van der Waals surface area contributed by atoms with Crippen molar-refractivity contribution < 1.29 is 142 Å². The molecule has 101 heavy (non-hydrogen) atoms. The Balaban J connectivity index is 0.000000274. The van der Waals surface area contributed by atoms with Crippen LogP contribution in [0.2, 0.25) is 0 Å². The molecule has 0 radical (unpaired) electrons. The first-order chi connectivity index (χ1) is 47.5. The van der Waals surface area contributed by atoms with Crippen molar-refractivity contribution >= 4 is 54.1 Å². The summed E-state index contributed by atoms with van der Waals surface area (Å²) < 4.78 is 46.7. The van der Waals surface area contributed by atoms with Gasteiger partial charge < -0.3 is 115 Å². The number of phenols is 11. The monoisotopic (exact) mass is 1410 g/mol. The van der Waals surface area contributed by atoms with Crippen molar-refractivity contribution in [2.75, 3.05) is 39.5 Å². The number of ether oxygens (including phenoxy) is 9. The highest BCUT2D eigenvalue weighted by Gasteiger charge is 2.28. The zero-order valence-corrected chi connectivity index (χ0v) is 55.0. The molecule has 7 rings (SSSR count). The van der Waals surface area contributed by atoms with Gasteiger partial charge in [0.25, 0.3) is 0 Å². The highest BCUT2D eigenvalue weighted by atomic mass is 16.6. The highest BCUT2D eigenvalue weighted by molar-refractivity contribution is 5.94. The molecular formula is C69H73N3O29. The molecule has 7 aromatic carbocycles. The van der Waals surface area contributed by atoms with Gasteiger partial charge in [-0.25, -0.2) is 43.2 Å². The summed E-state index contributed by atoms with van der Waals surface area (Å²) in [6, 6.07) is 31.9. The van der Waals surface area contributed by atoms with Crippen molar-refractivity contribution in [1.82, 2.24) is 16.0 Å². The second-order valence-corrected chi connectivity index (χ2v) is 23.2. The summed E-state index contributed by atoms with van der Waals surface area (Å²) in [6.07, 6.45) is -5.86. The minimum Gasteiger partial charge on any atom is -0.504 e. The zero-order chi connectivity index (χ0) is 74.9. The largest absolute Gasteiger partial charge is 0.504 e. The van der Waals surface area contributed by atoms with Crippen LogP contribution in [-0.2, 0) is 37.9 Å². The normalized spacial score (nSPS) is 11.6. The highest BCUT2D eigenvalue weighted by Crippen LogP contribution is 2.38. The van der Waals surface area contributed by atoms with Crippen LogP contribution in [-0.4, -0.2) is 179 Å². The molecule has 32 heteroatoms. The van der Waals surface area contributed by atoms with Crippen molar-refractivity contribution in [2.24, 2.45) is 0 Å². The molecule has 0 saturated heterocycles. The van der Waals surface area contributed by atoms with Gasteiger partial charge in [-0.1, -0.05) is 54.6 Å². The second-order valence-electron chi connectivity index (χ2n) is 23.2. The Morgan fingerprint density at radius 3 is 0.911 bits per heavy atom. The third kappa shape index (κ3) is 26.1. The summed E-state index contributed by atoms with van der Waals surface area (Å²) in [4.78, 5) is 110. The van der Waals surface area contributed by atoms with Gasteiger partial charge in [-0.2, -0.15) is 0 Å².